The second kappa shape index (κ2) is 76.3. The van der Waals surface area contributed by atoms with Crippen molar-refractivity contribution in [2.75, 3.05) is 0 Å². The van der Waals surface area contributed by atoms with E-state index in [1.54, 1.807) is 0 Å². The Kier molecular flexibility index (Phi) is 384. The predicted octanol–water partition coefficient (Wildman–Crippen LogP) is -10.8. The largest absolute Gasteiger partial charge is 0.473 e. The molecule has 22 nitrogen and oxygen atoms in total. The summed E-state index contributed by atoms with van der Waals surface area (Å²) in [6, 6.07) is 0. The Labute approximate surface area is 151 Å². The third-order valence-electron chi connectivity index (χ3n) is 0.549. The van der Waals surface area contributed by atoms with Crippen LogP contribution in [0.2, 0.25) is 0 Å². The first-order valence-corrected chi connectivity index (χ1v) is 3.32. The van der Waals surface area contributed by atoms with Gasteiger partial charge in [-0.1, -0.05) is 0 Å². The van der Waals surface area contributed by atoms with Crippen LogP contribution in [0.5, 0.6) is 0 Å². The molecule has 30 heavy (non-hydrogen) atoms. The Morgan fingerprint density at radius 2 is 0.300 bits per heavy atom. The number of hydrogen-bond donors (Lipinski definition) is 6. The molecule has 0 spiro atoms. The molecule has 0 atom stereocenters. The van der Waals surface area contributed by atoms with Crippen LogP contribution in [0.1, 0.15) is 0 Å². The van der Waals surface area contributed by atoms with E-state index >= 15 is 0 Å². The first kappa shape index (κ1) is 151. The van der Waals surface area contributed by atoms with Crippen LogP contribution in [0.3, 0.4) is 0 Å². The minimum Gasteiger partial charge on any atom is -0.473 e. The third-order valence-corrected chi connectivity index (χ3v) is 0.549. The van der Waals surface area contributed by atoms with Crippen molar-refractivity contribution in [2.45, 2.75) is 0 Å². The van der Waals surface area contributed by atoms with Crippen molar-refractivity contribution >= 4 is 35.8 Å². The van der Waals surface area contributed by atoms with E-state index in [2.05, 4.69) is 0 Å². The SMILES string of the molecule is O.O.O.O.O.O.O.O.O.O.O=C(O)C(=O)O.O=C(O)C(=O)O.O=C(O)C(=O)O.[Cm].[Cm]. The fourth-order valence-corrected chi connectivity index (χ4v) is 0. The molecule has 0 heterocycles. The van der Waals surface area contributed by atoms with Gasteiger partial charge in [-0.25, -0.2) is 28.8 Å². The molecule has 0 radical (unpaired) electrons. The fraction of sp³-hybridized carbons (Fsp3) is 0. The van der Waals surface area contributed by atoms with Crippen LogP contribution in [0.4, 0.5) is 0 Å². The van der Waals surface area contributed by atoms with Gasteiger partial charge >= 0.3 is 35.8 Å². The Morgan fingerprint density at radius 1 is 0.267 bits per heavy atom. The van der Waals surface area contributed by atoms with Crippen LogP contribution in [0, 0.1) is 0 Å². The van der Waals surface area contributed by atoms with Crippen molar-refractivity contribution in [1.82, 2.24) is 0 Å². The van der Waals surface area contributed by atoms with Crippen LogP contribution >= 0.6 is 0 Å². The molecule has 0 fully saturated rings. The van der Waals surface area contributed by atoms with Crippen LogP contribution in [-0.4, -0.2) is 121 Å². The summed E-state index contributed by atoms with van der Waals surface area (Å²) in [7, 11) is 0. The van der Waals surface area contributed by atoms with E-state index in [0.29, 0.717) is 0 Å². The van der Waals surface area contributed by atoms with Crippen molar-refractivity contribution in [3.8, 4) is 0 Å². The first-order chi connectivity index (χ1) is 7.93. The Morgan fingerprint density at radius 3 is 0.300 bits per heavy atom. The zero-order valence-electron chi connectivity index (χ0n) is 13.8. The van der Waals surface area contributed by atoms with E-state index in [9.17, 15) is 0 Å². The van der Waals surface area contributed by atoms with Gasteiger partial charge in [-0.05, 0) is 0 Å². The van der Waals surface area contributed by atoms with E-state index in [0.717, 1.165) is 0 Å². The van der Waals surface area contributed by atoms with E-state index in [4.69, 9.17) is 59.4 Å². The predicted molar refractivity (Wildman–Crippen MR) is 82.0 cm³/mol. The van der Waals surface area contributed by atoms with Crippen molar-refractivity contribution in [3.63, 3.8) is 0 Å². The van der Waals surface area contributed by atoms with Crippen molar-refractivity contribution < 1.29 is 114 Å². The minimum atomic E-state index is -1.82. The molecule has 0 aromatic heterocycles. The maximum absolute atomic E-state index is 9.10. The number of carboxylic acids is 6. The molecule has 26 N–H and O–H groups in total. The molecule has 0 bridgehead atoms. The van der Waals surface area contributed by atoms with Crippen LogP contribution in [-0.2, 0) is 28.8 Å². The maximum atomic E-state index is 9.10. The summed E-state index contributed by atoms with van der Waals surface area (Å²) in [5, 5.41) is 44.3. The van der Waals surface area contributed by atoms with Gasteiger partial charge in [-0.2, -0.15) is 0 Å². The second-order valence-electron chi connectivity index (χ2n) is 1.83. The van der Waals surface area contributed by atoms with Gasteiger partial charge in [0.1, 0.15) is 0 Å². The molecular weight excluding hydrogens is 918 g/mol. The molecule has 0 aliphatic carbocycles. The van der Waals surface area contributed by atoms with Gasteiger partial charge in [-0.3, -0.25) is 0 Å². The normalized spacial score (nSPS) is 4.40. The molecule has 0 aromatic rings. The molecule has 0 rings (SSSR count). The van der Waals surface area contributed by atoms with Crippen molar-refractivity contribution in [2.24, 2.45) is 0 Å². The standard InChI is InChI=1S/3C2H2O4.2Cm.10H2O/c3*3-1(4)2(5)6;;;;;;;;;;;;/h3*(H,3,4)(H,5,6);;;10*1H2. The summed E-state index contributed by atoms with van der Waals surface area (Å²) in [6.45, 7) is 0. The summed E-state index contributed by atoms with van der Waals surface area (Å²) in [5.74, 6) is -10.9. The summed E-state index contributed by atoms with van der Waals surface area (Å²) in [4.78, 5) is 54.6. The Hall–Kier alpha value is -5.58. The molecule has 0 aliphatic rings. The second-order valence-corrected chi connectivity index (χ2v) is 1.83. The molecule has 0 aliphatic heterocycles. The number of carbonyl (C=O) groups is 6. The quantitative estimate of drug-likeness (QED) is 0.123. The molecule has 0 amide bonds. The average molecular weight is 944 g/mol. The summed E-state index contributed by atoms with van der Waals surface area (Å²) >= 11 is 0. The molecule has 198 valence electrons. The van der Waals surface area contributed by atoms with Gasteiger partial charge in [0.15, 0.2) is 0 Å². The van der Waals surface area contributed by atoms with Crippen LogP contribution in [0.25, 0.3) is 0 Å². The molecule has 24 heteroatoms. The monoisotopic (exact) mass is 936 g/mol. The third kappa shape index (κ3) is 250. The maximum Gasteiger partial charge on any atom is 0.414 e. The van der Waals surface area contributed by atoms with Gasteiger partial charge in [0.25, 0.3) is 0 Å². The van der Waals surface area contributed by atoms with Crippen molar-refractivity contribution in [1.29, 1.82) is 0 Å². The fourth-order valence-electron chi connectivity index (χ4n) is 0. The molecule has 0 saturated carbocycles. The van der Waals surface area contributed by atoms with E-state index in [1.165, 1.54) is 0 Å². The first-order valence-electron chi connectivity index (χ1n) is 3.32. The van der Waals surface area contributed by atoms with Gasteiger partial charge in [0.2, 0.25) is 0 Å². The summed E-state index contributed by atoms with van der Waals surface area (Å²) < 4.78 is 0. The van der Waals surface area contributed by atoms with Gasteiger partial charge in [-0.15, -0.1) is 0 Å². The Balaban J connectivity index is -0.00000000721. The smallest absolute Gasteiger partial charge is 0.414 e. The molecule has 0 aromatic carbocycles. The molecule has 0 unspecified atom stereocenters. The van der Waals surface area contributed by atoms with E-state index < -0.39 is 35.8 Å². The van der Waals surface area contributed by atoms with Crippen molar-refractivity contribution in [3.05, 3.63) is 0 Å². The number of rotatable bonds is 0. The molecular formula is C6H26Cm2O22. The minimum absolute atomic E-state index is 0. The van der Waals surface area contributed by atoms with E-state index in [-0.39, 0.29) is 54.8 Å². The number of hydrogen-bond acceptors (Lipinski definition) is 6. The Bertz CT molecular complexity index is 287. The topological polar surface area (TPSA) is 539 Å². The van der Waals surface area contributed by atoms with Gasteiger partial charge in [0, 0.05) is 0 Å². The van der Waals surface area contributed by atoms with Crippen LogP contribution < -0.4 is 0 Å². The van der Waals surface area contributed by atoms with Crippen LogP contribution in [0.15, 0.2) is 0 Å². The molecule has 0 saturated heterocycles. The summed E-state index contributed by atoms with van der Waals surface area (Å²) in [6.07, 6.45) is 0. The zero-order chi connectivity index (χ0) is 15.5. The van der Waals surface area contributed by atoms with Gasteiger partial charge < -0.3 is 85.4 Å². The number of carboxylic acid groups (broad SMARTS) is 6. The number of aliphatic carboxylic acids is 6. The zero-order valence-corrected chi connectivity index (χ0v) is 19.7. The van der Waals surface area contributed by atoms with E-state index in [1.807, 2.05) is 0 Å². The summed E-state index contributed by atoms with van der Waals surface area (Å²) in [5.41, 5.74) is 0. The van der Waals surface area contributed by atoms with Gasteiger partial charge in [0.05, 0.1) is 0 Å². The average Bonchev–Trinajstić information content (AvgIpc) is 2.18.